The fourth-order valence-electron chi connectivity index (χ4n) is 4.88. The van der Waals surface area contributed by atoms with Gasteiger partial charge in [0.15, 0.2) is 0 Å². The number of carbonyl (C=O) groups excluding carboxylic acids is 3. The third-order valence-corrected chi connectivity index (χ3v) is 7.48. The highest BCUT2D eigenvalue weighted by Crippen LogP contribution is 2.20. The Morgan fingerprint density at radius 1 is 0.833 bits per heavy atom. The van der Waals surface area contributed by atoms with E-state index in [9.17, 15) is 24.3 Å². The first kappa shape index (κ1) is 32.3. The molecular formula is C32H43N5O5. The lowest BCUT2D eigenvalue weighted by Gasteiger charge is -2.28. The molecule has 2 aromatic carbocycles. The number of aromatic amines is 1. The zero-order chi connectivity index (χ0) is 30.8. The number of hydrogen-bond acceptors (Lipinski definition) is 5. The van der Waals surface area contributed by atoms with Crippen LogP contribution in [0.1, 0.15) is 51.7 Å². The molecule has 0 aliphatic rings. The van der Waals surface area contributed by atoms with Crippen molar-refractivity contribution in [3.63, 3.8) is 0 Å². The van der Waals surface area contributed by atoms with Crippen LogP contribution in [-0.2, 0) is 32.0 Å². The summed E-state index contributed by atoms with van der Waals surface area (Å²) in [5, 5.41) is 18.8. The van der Waals surface area contributed by atoms with Crippen molar-refractivity contribution in [2.75, 3.05) is 0 Å². The maximum atomic E-state index is 13.7. The number of nitrogens with two attached hydrogens (primary N) is 1. The Balaban J connectivity index is 1.83. The van der Waals surface area contributed by atoms with Gasteiger partial charge in [0.1, 0.15) is 18.1 Å². The molecule has 0 radical (unpaired) electrons. The Hall–Kier alpha value is -4.18. The summed E-state index contributed by atoms with van der Waals surface area (Å²) in [4.78, 5) is 55.3. The molecule has 0 fully saturated rings. The monoisotopic (exact) mass is 577 g/mol. The van der Waals surface area contributed by atoms with Crippen LogP contribution in [0.15, 0.2) is 60.8 Å². The fourth-order valence-corrected chi connectivity index (χ4v) is 4.88. The molecule has 0 bridgehead atoms. The SMILES string of the molecule is CCC(C)C(NC(=O)C(N)Cc1ccccc1)C(=O)NC(Cc1c[nH]c2ccccc12)C(=O)NC(CC(C)C)C(=O)O. The molecule has 226 valence electrons. The standard InChI is InChI=1S/C32H43N5O5/c1-5-20(4)28(37-29(38)24(33)16-21-11-7-6-8-12-21)31(40)35-26(30(39)36-27(32(41)42)15-19(2)3)17-22-18-34-25-14-10-9-13-23(22)25/h6-14,18-20,24,26-28,34H,5,15-17,33H2,1-4H3,(H,35,40)(H,36,39)(H,37,38)(H,41,42). The number of H-pyrrole nitrogens is 1. The van der Waals surface area contributed by atoms with Gasteiger partial charge in [-0.15, -0.1) is 0 Å². The van der Waals surface area contributed by atoms with Crippen molar-refractivity contribution in [2.24, 2.45) is 17.6 Å². The fraction of sp³-hybridized carbons (Fsp3) is 0.438. The molecule has 3 rings (SSSR count). The van der Waals surface area contributed by atoms with Crippen LogP contribution < -0.4 is 21.7 Å². The van der Waals surface area contributed by atoms with Crippen molar-refractivity contribution < 1.29 is 24.3 Å². The largest absolute Gasteiger partial charge is 0.480 e. The van der Waals surface area contributed by atoms with Gasteiger partial charge in [-0.05, 0) is 41.9 Å². The number of amides is 3. The third kappa shape index (κ3) is 8.91. The van der Waals surface area contributed by atoms with E-state index in [-0.39, 0.29) is 24.7 Å². The number of fused-ring (bicyclic) bond motifs is 1. The van der Waals surface area contributed by atoms with Crippen LogP contribution in [0.5, 0.6) is 0 Å². The lowest BCUT2D eigenvalue weighted by molar-refractivity contribution is -0.142. The predicted octanol–water partition coefficient (Wildman–Crippen LogP) is 2.91. The van der Waals surface area contributed by atoms with Gasteiger partial charge in [0.25, 0.3) is 0 Å². The highest BCUT2D eigenvalue weighted by Gasteiger charge is 2.33. The van der Waals surface area contributed by atoms with E-state index in [1.165, 1.54) is 0 Å². The third-order valence-electron chi connectivity index (χ3n) is 7.48. The van der Waals surface area contributed by atoms with E-state index < -0.39 is 47.9 Å². The number of carboxylic acids is 1. The van der Waals surface area contributed by atoms with Gasteiger partial charge in [0.2, 0.25) is 17.7 Å². The first-order valence-corrected chi connectivity index (χ1v) is 14.5. The minimum atomic E-state index is -1.15. The summed E-state index contributed by atoms with van der Waals surface area (Å²) in [5.74, 6) is -3.01. The van der Waals surface area contributed by atoms with E-state index in [0.717, 1.165) is 22.0 Å². The van der Waals surface area contributed by atoms with E-state index in [4.69, 9.17) is 5.73 Å². The number of rotatable bonds is 15. The molecule has 0 aliphatic heterocycles. The molecule has 3 aromatic rings. The molecule has 42 heavy (non-hydrogen) atoms. The molecule has 1 heterocycles. The summed E-state index contributed by atoms with van der Waals surface area (Å²) < 4.78 is 0. The minimum absolute atomic E-state index is 0.0261. The summed E-state index contributed by atoms with van der Waals surface area (Å²) in [6.45, 7) is 7.48. The Kier molecular flexibility index (Phi) is 11.7. The summed E-state index contributed by atoms with van der Waals surface area (Å²) in [5.41, 5.74) is 8.75. The van der Waals surface area contributed by atoms with Gasteiger partial charge in [-0.2, -0.15) is 0 Å². The Bertz CT molecular complexity index is 1360. The first-order chi connectivity index (χ1) is 20.0. The van der Waals surface area contributed by atoms with Gasteiger partial charge in [-0.25, -0.2) is 4.79 Å². The molecule has 5 unspecified atom stereocenters. The summed E-state index contributed by atoms with van der Waals surface area (Å²) in [6.07, 6.45) is 3.01. The van der Waals surface area contributed by atoms with E-state index in [1.54, 1.807) is 6.20 Å². The van der Waals surface area contributed by atoms with Crippen LogP contribution in [0.4, 0.5) is 0 Å². The van der Waals surface area contributed by atoms with Crippen LogP contribution in [0.3, 0.4) is 0 Å². The second kappa shape index (κ2) is 15.2. The molecule has 5 atom stereocenters. The van der Waals surface area contributed by atoms with Crippen molar-refractivity contribution in [1.82, 2.24) is 20.9 Å². The maximum Gasteiger partial charge on any atom is 0.326 e. The van der Waals surface area contributed by atoms with Gasteiger partial charge < -0.3 is 31.8 Å². The molecule has 0 spiro atoms. The zero-order valence-electron chi connectivity index (χ0n) is 24.7. The molecule has 0 aliphatic carbocycles. The lowest BCUT2D eigenvalue weighted by atomic mass is 9.96. The minimum Gasteiger partial charge on any atom is -0.480 e. The lowest BCUT2D eigenvalue weighted by Crippen LogP contribution is -2.59. The van der Waals surface area contributed by atoms with E-state index in [2.05, 4.69) is 20.9 Å². The average Bonchev–Trinajstić information content (AvgIpc) is 3.37. The quantitative estimate of drug-likeness (QED) is 0.162. The van der Waals surface area contributed by atoms with E-state index in [0.29, 0.717) is 12.8 Å². The number of carbonyl (C=O) groups is 4. The first-order valence-electron chi connectivity index (χ1n) is 14.5. The van der Waals surface area contributed by atoms with E-state index in [1.807, 2.05) is 82.3 Å². The Morgan fingerprint density at radius 2 is 1.48 bits per heavy atom. The molecular weight excluding hydrogens is 534 g/mol. The van der Waals surface area contributed by atoms with Crippen LogP contribution in [0, 0.1) is 11.8 Å². The normalized spacial score (nSPS) is 14.9. The predicted molar refractivity (Wildman–Crippen MR) is 162 cm³/mol. The number of carboxylic acid groups (broad SMARTS) is 1. The van der Waals surface area contributed by atoms with Crippen LogP contribution in [0.2, 0.25) is 0 Å². The van der Waals surface area contributed by atoms with Crippen molar-refractivity contribution in [3.8, 4) is 0 Å². The van der Waals surface area contributed by atoms with Gasteiger partial charge in [-0.1, -0.05) is 82.6 Å². The molecule has 7 N–H and O–H groups in total. The topological polar surface area (TPSA) is 166 Å². The number of hydrogen-bond donors (Lipinski definition) is 6. The number of benzene rings is 2. The van der Waals surface area contributed by atoms with Gasteiger partial charge in [0, 0.05) is 23.5 Å². The van der Waals surface area contributed by atoms with Crippen molar-refractivity contribution >= 4 is 34.6 Å². The molecule has 1 aromatic heterocycles. The van der Waals surface area contributed by atoms with Gasteiger partial charge in [0.05, 0.1) is 6.04 Å². The van der Waals surface area contributed by atoms with Gasteiger partial charge >= 0.3 is 5.97 Å². The number of nitrogens with one attached hydrogen (secondary N) is 4. The van der Waals surface area contributed by atoms with Crippen molar-refractivity contribution in [1.29, 1.82) is 0 Å². The number of aliphatic carboxylic acids is 1. The highest BCUT2D eigenvalue weighted by molar-refractivity contribution is 5.95. The smallest absolute Gasteiger partial charge is 0.326 e. The van der Waals surface area contributed by atoms with Crippen LogP contribution in [0.25, 0.3) is 10.9 Å². The van der Waals surface area contributed by atoms with Gasteiger partial charge in [-0.3, -0.25) is 14.4 Å². The summed E-state index contributed by atoms with van der Waals surface area (Å²) in [7, 11) is 0. The zero-order valence-corrected chi connectivity index (χ0v) is 24.7. The van der Waals surface area contributed by atoms with Crippen molar-refractivity contribution in [3.05, 3.63) is 71.9 Å². The second-order valence-electron chi connectivity index (χ2n) is 11.3. The van der Waals surface area contributed by atoms with Crippen LogP contribution in [-0.4, -0.2) is 57.9 Å². The second-order valence-corrected chi connectivity index (χ2v) is 11.3. The molecule has 10 nitrogen and oxygen atoms in total. The Morgan fingerprint density at radius 3 is 2.12 bits per heavy atom. The maximum absolute atomic E-state index is 13.7. The summed E-state index contributed by atoms with van der Waals surface area (Å²) in [6, 6.07) is 12.9. The Labute approximate surface area is 246 Å². The average molecular weight is 578 g/mol. The van der Waals surface area contributed by atoms with E-state index >= 15 is 0 Å². The van der Waals surface area contributed by atoms with Crippen molar-refractivity contribution in [2.45, 2.75) is 77.5 Å². The molecule has 0 saturated heterocycles. The van der Waals surface area contributed by atoms with Crippen LogP contribution >= 0.6 is 0 Å². The number of aromatic nitrogens is 1. The molecule has 3 amide bonds. The molecule has 10 heteroatoms. The number of para-hydroxylation sites is 1. The highest BCUT2D eigenvalue weighted by atomic mass is 16.4. The molecule has 0 saturated carbocycles. The summed E-state index contributed by atoms with van der Waals surface area (Å²) >= 11 is 0.